The highest BCUT2D eigenvalue weighted by Crippen LogP contribution is 2.10. The van der Waals surface area contributed by atoms with E-state index in [1.165, 1.54) is 37.5 Å². The molecular formula is C19H15ClFN5O3. The first-order valence-electron chi connectivity index (χ1n) is 8.36. The molecule has 1 N–H and O–H groups in total. The fourth-order valence-corrected chi connectivity index (χ4v) is 2.60. The molecule has 0 saturated carbocycles. The average Bonchev–Trinajstić information content (AvgIpc) is 3.02. The van der Waals surface area contributed by atoms with Crippen molar-refractivity contribution in [1.82, 2.24) is 10.0 Å². The average molecular weight is 416 g/mol. The maximum atomic E-state index is 13.0. The third-order valence-electron chi connectivity index (χ3n) is 3.95. The lowest BCUT2D eigenvalue weighted by Gasteiger charge is -2.05. The van der Waals surface area contributed by atoms with Crippen LogP contribution in [0.1, 0.15) is 21.6 Å². The van der Waals surface area contributed by atoms with Crippen molar-refractivity contribution in [1.29, 1.82) is 0 Å². The molecule has 10 heteroatoms. The molecule has 0 fully saturated rings. The summed E-state index contributed by atoms with van der Waals surface area (Å²) >= 11 is 5.82. The number of hydrogen-bond acceptors (Lipinski definition) is 5. The van der Waals surface area contributed by atoms with Gasteiger partial charge in [0.2, 0.25) is 5.78 Å². The number of carbonyl (C=O) groups excluding carboxylic acids is 1. The van der Waals surface area contributed by atoms with E-state index in [2.05, 4.69) is 15.3 Å². The van der Waals surface area contributed by atoms with E-state index in [-0.39, 0.29) is 18.0 Å². The summed E-state index contributed by atoms with van der Waals surface area (Å²) < 4.78 is 14.1. The Morgan fingerprint density at radius 2 is 1.90 bits per heavy atom. The minimum absolute atomic E-state index is 0.313. The fraction of sp³-hybridized carbons (Fsp3) is 0.105. The lowest BCUT2D eigenvalue weighted by atomic mass is 10.1. The zero-order valence-corrected chi connectivity index (χ0v) is 15.9. The number of ketones is 1. The monoisotopic (exact) mass is 415 g/mol. The molecule has 0 saturated heterocycles. The predicted octanol–water partition coefficient (Wildman–Crippen LogP) is 0.758. The van der Waals surface area contributed by atoms with Crippen molar-refractivity contribution in [3.05, 3.63) is 86.5 Å². The number of carbonyl (C=O) groups is 1. The summed E-state index contributed by atoms with van der Waals surface area (Å²) in [6.45, 7) is -0.313. The van der Waals surface area contributed by atoms with Gasteiger partial charge in [-0.3, -0.25) is 9.79 Å². The number of aromatic nitrogens is 3. The van der Waals surface area contributed by atoms with Crippen LogP contribution in [0.5, 0.6) is 0 Å². The van der Waals surface area contributed by atoms with E-state index in [1.807, 2.05) is 0 Å². The normalized spacial score (nSPS) is 11.9. The maximum Gasteiger partial charge on any atom is 0.427 e. The maximum absolute atomic E-state index is 13.0. The number of H-pyrrole nitrogens is 1. The third kappa shape index (κ3) is 4.64. The molecule has 0 spiro atoms. The quantitative estimate of drug-likeness (QED) is 0.278. The Morgan fingerprint density at radius 1 is 1.24 bits per heavy atom. The van der Waals surface area contributed by atoms with Crippen LogP contribution in [0.4, 0.5) is 4.39 Å². The first kappa shape index (κ1) is 20.2. The van der Waals surface area contributed by atoms with Gasteiger partial charge in [-0.2, -0.15) is 0 Å². The summed E-state index contributed by atoms with van der Waals surface area (Å²) in [7, 11) is 1.24. The zero-order chi connectivity index (χ0) is 21.0. The molecule has 0 atom stereocenters. The number of rotatable bonds is 6. The lowest BCUT2D eigenvalue weighted by molar-refractivity contribution is -0.745. The highest BCUT2D eigenvalue weighted by atomic mass is 35.5. The summed E-state index contributed by atoms with van der Waals surface area (Å²) in [6.07, 6.45) is 1.31. The molecule has 3 aromatic rings. The number of nitrogens with one attached hydrogen (secondary N) is 1. The van der Waals surface area contributed by atoms with Crippen LogP contribution in [0, 0.1) is 5.82 Å². The largest absolute Gasteiger partial charge is 0.856 e. The molecule has 0 amide bonds. The first-order valence-corrected chi connectivity index (χ1v) is 8.74. The van der Waals surface area contributed by atoms with E-state index in [9.17, 15) is 19.1 Å². The minimum Gasteiger partial charge on any atom is -0.856 e. The van der Waals surface area contributed by atoms with Crippen molar-refractivity contribution < 1.29 is 19.0 Å². The molecular weight excluding hydrogens is 401 g/mol. The molecule has 0 bridgehead atoms. The smallest absolute Gasteiger partial charge is 0.427 e. The van der Waals surface area contributed by atoms with Gasteiger partial charge in [-0.25, -0.2) is 9.18 Å². The number of hydrogen-bond donors (Lipinski definition) is 1. The molecule has 148 valence electrons. The molecule has 0 aliphatic heterocycles. The second kappa shape index (κ2) is 8.61. The Kier molecular flexibility index (Phi) is 5.99. The van der Waals surface area contributed by atoms with Crippen LogP contribution < -0.4 is 15.3 Å². The summed E-state index contributed by atoms with van der Waals surface area (Å²) in [5, 5.41) is 19.1. The highest BCUT2D eigenvalue weighted by Gasteiger charge is 2.24. The summed E-state index contributed by atoms with van der Waals surface area (Å²) in [5.74, 6) is -1.56. The molecule has 29 heavy (non-hydrogen) atoms. The first-order chi connectivity index (χ1) is 13.9. The van der Waals surface area contributed by atoms with Gasteiger partial charge >= 0.3 is 5.56 Å². The van der Waals surface area contributed by atoms with Crippen molar-refractivity contribution in [3.8, 4) is 0 Å². The van der Waals surface area contributed by atoms with Gasteiger partial charge in [0, 0.05) is 28.3 Å². The minimum atomic E-state index is -0.800. The van der Waals surface area contributed by atoms with Crippen molar-refractivity contribution >= 4 is 29.5 Å². The number of aromatic amines is 1. The molecule has 0 radical (unpaired) electrons. The Labute approximate surface area is 169 Å². The van der Waals surface area contributed by atoms with Gasteiger partial charge < -0.3 is 5.11 Å². The summed E-state index contributed by atoms with van der Waals surface area (Å²) in [5.41, 5.74) is -0.226. The Hall–Kier alpha value is -3.59. The van der Waals surface area contributed by atoms with Gasteiger partial charge in [0.25, 0.3) is 5.69 Å². The highest BCUT2D eigenvalue weighted by molar-refractivity contribution is 6.30. The van der Waals surface area contributed by atoms with E-state index in [0.29, 0.717) is 16.1 Å². The van der Waals surface area contributed by atoms with Gasteiger partial charge in [-0.05, 0) is 42.0 Å². The molecule has 0 unspecified atom stereocenters. The third-order valence-corrected chi connectivity index (χ3v) is 4.20. The molecule has 1 heterocycles. The number of Topliss-reactive ketones (excluding diaryl/α,β-unsaturated/α-hetero) is 1. The van der Waals surface area contributed by atoms with E-state index < -0.39 is 17.3 Å². The van der Waals surface area contributed by atoms with Crippen molar-refractivity contribution in [2.75, 3.05) is 7.05 Å². The van der Waals surface area contributed by atoms with Crippen LogP contribution in [-0.2, 0) is 6.54 Å². The van der Waals surface area contributed by atoms with Gasteiger partial charge in [0.1, 0.15) is 5.82 Å². The van der Waals surface area contributed by atoms with E-state index in [0.717, 1.165) is 9.47 Å². The van der Waals surface area contributed by atoms with E-state index in [4.69, 9.17) is 11.6 Å². The molecule has 8 nitrogen and oxygen atoms in total. The van der Waals surface area contributed by atoms with Crippen LogP contribution >= 0.6 is 11.6 Å². The fourth-order valence-electron chi connectivity index (χ4n) is 2.47. The molecule has 1 aromatic heterocycles. The summed E-state index contributed by atoms with van der Waals surface area (Å²) in [6, 6.07) is 11.6. The van der Waals surface area contributed by atoms with E-state index >= 15 is 0 Å². The van der Waals surface area contributed by atoms with Crippen LogP contribution in [0.25, 0.3) is 0 Å². The lowest BCUT2D eigenvalue weighted by Crippen LogP contribution is -2.48. The van der Waals surface area contributed by atoms with E-state index in [1.54, 1.807) is 24.3 Å². The zero-order valence-electron chi connectivity index (χ0n) is 15.2. The number of aliphatic imine (C=N–C) groups is 1. The van der Waals surface area contributed by atoms with Gasteiger partial charge in [-0.15, -0.1) is 4.68 Å². The molecule has 0 aliphatic rings. The SMILES string of the molecule is CN=C([O-])c1c(=O)n(/N=C/c2ccc(F)cc2)[nH][n+]1CC(=O)c1ccc(Cl)cc1. The Bertz CT molecular complexity index is 1150. The van der Waals surface area contributed by atoms with Crippen LogP contribution in [0.3, 0.4) is 0 Å². The van der Waals surface area contributed by atoms with Gasteiger partial charge in [0.05, 0.1) is 6.21 Å². The predicted molar refractivity (Wildman–Crippen MR) is 103 cm³/mol. The molecule has 3 rings (SSSR count). The van der Waals surface area contributed by atoms with Gasteiger partial charge in [0.15, 0.2) is 6.54 Å². The number of benzene rings is 2. The van der Waals surface area contributed by atoms with Crippen LogP contribution in [-0.4, -0.2) is 34.9 Å². The second-order valence-corrected chi connectivity index (χ2v) is 6.34. The molecule has 2 aromatic carbocycles. The van der Waals surface area contributed by atoms with Crippen molar-refractivity contribution in [2.45, 2.75) is 6.54 Å². The number of nitrogens with zero attached hydrogens (tertiary/aromatic N) is 4. The Morgan fingerprint density at radius 3 is 2.52 bits per heavy atom. The van der Waals surface area contributed by atoms with Crippen LogP contribution in [0.15, 0.2) is 63.4 Å². The standard InChI is InChI=1S/C19H15ClFN5O3/c1-22-18(28)17-19(29)26(23-10-12-2-8-15(21)9-3-12)24-25(17)11-16(27)13-4-6-14(20)7-5-13/h2-10H,11H2,1H3,(H-,22,24,28,29)/b23-10+. The second-order valence-electron chi connectivity index (χ2n) is 5.91. The molecule has 0 aliphatic carbocycles. The summed E-state index contributed by atoms with van der Waals surface area (Å²) in [4.78, 5) is 29.4. The topological polar surface area (TPSA) is 107 Å². The van der Waals surface area contributed by atoms with Gasteiger partial charge in [-0.1, -0.05) is 34.0 Å². The van der Waals surface area contributed by atoms with Crippen molar-refractivity contribution in [2.24, 2.45) is 10.1 Å². The van der Waals surface area contributed by atoms with Crippen LogP contribution in [0.2, 0.25) is 5.02 Å². The number of halogens is 2. The van der Waals surface area contributed by atoms with Crippen molar-refractivity contribution in [3.63, 3.8) is 0 Å². The Balaban J connectivity index is 1.94.